The second-order valence-corrected chi connectivity index (χ2v) is 9.13. The van der Waals surface area contributed by atoms with Gasteiger partial charge in [0.25, 0.3) is 0 Å². The Morgan fingerprint density at radius 3 is 2.82 bits per heavy atom. The number of para-hydroxylation sites is 1. The quantitative estimate of drug-likeness (QED) is 0.720. The molecule has 5 unspecified atom stereocenters. The molecule has 1 aromatic rings. The van der Waals surface area contributed by atoms with Gasteiger partial charge in [0.2, 0.25) is 5.91 Å². The number of rotatable bonds is 8. The van der Waals surface area contributed by atoms with Crippen LogP contribution in [0.3, 0.4) is 0 Å². The van der Waals surface area contributed by atoms with Crippen molar-refractivity contribution in [3.63, 3.8) is 0 Å². The van der Waals surface area contributed by atoms with Crippen molar-refractivity contribution >= 4 is 5.91 Å². The smallest absolute Gasteiger partial charge is 0.234 e. The molecule has 2 aliphatic carbocycles. The lowest BCUT2D eigenvalue weighted by atomic mass is 9.84. The second-order valence-electron chi connectivity index (χ2n) is 9.13. The standard InChI is InChI=1S/C23H34N2O3/c1-16(21-12-17-8-9-18(21)11-17)24-23(27)15-25(14-20-6-4-10-28-20)13-19-5-2-3-7-22(19)26/h2-3,5,7,16-18,20-21,26H,4,6,8-15H2,1H3,(H,24,27). The van der Waals surface area contributed by atoms with E-state index in [1.165, 1.54) is 25.7 Å². The highest BCUT2D eigenvalue weighted by molar-refractivity contribution is 5.78. The lowest BCUT2D eigenvalue weighted by Crippen LogP contribution is -2.46. The van der Waals surface area contributed by atoms with E-state index in [1.807, 2.05) is 18.2 Å². The van der Waals surface area contributed by atoms with Gasteiger partial charge in [-0.25, -0.2) is 0 Å². The topological polar surface area (TPSA) is 61.8 Å². The molecule has 0 radical (unpaired) electrons. The third-order valence-electron chi connectivity index (χ3n) is 7.06. The van der Waals surface area contributed by atoms with E-state index in [4.69, 9.17) is 4.74 Å². The highest BCUT2D eigenvalue weighted by Gasteiger charge is 2.42. The normalized spacial score (nSPS) is 30.1. The summed E-state index contributed by atoms with van der Waals surface area (Å²) in [5, 5.41) is 13.4. The zero-order valence-corrected chi connectivity index (χ0v) is 17.0. The summed E-state index contributed by atoms with van der Waals surface area (Å²) in [7, 11) is 0. The molecule has 5 heteroatoms. The number of carbonyl (C=O) groups excluding carboxylic acids is 1. The van der Waals surface area contributed by atoms with E-state index in [0.29, 0.717) is 19.0 Å². The first kappa shape index (κ1) is 19.7. The van der Waals surface area contributed by atoms with Gasteiger partial charge in [-0.05, 0) is 62.8 Å². The minimum Gasteiger partial charge on any atom is -0.508 e. The summed E-state index contributed by atoms with van der Waals surface area (Å²) in [4.78, 5) is 14.9. The predicted octanol–water partition coefficient (Wildman–Crippen LogP) is 3.31. The SMILES string of the molecule is CC(NC(=O)CN(Cc1ccccc1O)CC1CCCO1)C1CC2CCC1C2. The predicted molar refractivity (Wildman–Crippen MR) is 109 cm³/mol. The van der Waals surface area contributed by atoms with Gasteiger partial charge in [0.05, 0.1) is 12.6 Å². The van der Waals surface area contributed by atoms with Crippen molar-refractivity contribution in [1.82, 2.24) is 10.2 Å². The highest BCUT2D eigenvalue weighted by Crippen LogP contribution is 2.49. The fourth-order valence-electron chi connectivity index (χ4n) is 5.66. The lowest BCUT2D eigenvalue weighted by molar-refractivity contribution is -0.123. The van der Waals surface area contributed by atoms with Crippen molar-refractivity contribution < 1.29 is 14.6 Å². The number of hydrogen-bond donors (Lipinski definition) is 2. The fourth-order valence-corrected chi connectivity index (χ4v) is 5.66. The van der Waals surface area contributed by atoms with Crippen molar-refractivity contribution in [3.8, 4) is 5.75 Å². The molecule has 2 bridgehead atoms. The molecule has 3 aliphatic rings. The molecule has 1 aliphatic heterocycles. The van der Waals surface area contributed by atoms with Crippen LogP contribution in [0.4, 0.5) is 0 Å². The Bertz CT molecular complexity index is 674. The van der Waals surface area contributed by atoms with E-state index < -0.39 is 0 Å². The molecule has 1 amide bonds. The summed E-state index contributed by atoms with van der Waals surface area (Å²) in [6, 6.07) is 7.63. The van der Waals surface area contributed by atoms with Gasteiger partial charge < -0.3 is 15.2 Å². The van der Waals surface area contributed by atoms with Crippen LogP contribution in [0.1, 0.15) is 51.0 Å². The Labute approximate surface area is 168 Å². The highest BCUT2D eigenvalue weighted by atomic mass is 16.5. The maximum absolute atomic E-state index is 12.8. The first-order valence-corrected chi connectivity index (χ1v) is 11.0. The average Bonchev–Trinajstić information content (AvgIpc) is 3.41. The van der Waals surface area contributed by atoms with Gasteiger partial charge >= 0.3 is 0 Å². The van der Waals surface area contributed by atoms with Crippen molar-refractivity contribution in [1.29, 1.82) is 0 Å². The average molecular weight is 387 g/mol. The zero-order chi connectivity index (χ0) is 19.5. The summed E-state index contributed by atoms with van der Waals surface area (Å²) >= 11 is 0. The maximum atomic E-state index is 12.8. The zero-order valence-electron chi connectivity index (χ0n) is 17.0. The van der Waals surface area contributed by atoms with Crippen LogP contribution in [0.15, 0.2) is 24.3 Å². The molecule has 1 heterocycles. The van der Waals surface area contributed by atoms with Crippen LogP contribution in [0.2, 0.25) is 0 Å². The van der Waals surface area contributed by atoms with Crippen molar-refractivity contribution in [2.45, 2.75) is 64.1 Å². The number of benzene rings is 1. The van der Waals surface area contributed by atoms with Gasteiger partial charge in [-0.1, -0.05) is 24.6 Å². The van der Waals surface area contributed by atoms with Gasteiger partial charge in [0.1, 0.15) is 5.75 Å². The molecular weight excluding hydrogens is 352 g/mol. The van der Waals surface area contributed by atoms with Crippen LogP contribution >= 0.6 is 0 Å². The molecule has 28 heavy (non-hydrogen) atoms. The molecule has 3 fully saturated rings. The van der Waals surface area contributed by atoms with Gasteiger partial charge in [0.15, 0.2) is 0 Å². The summed E-state index contributed by atoms with van der Waals surface area (Å²) in [5.41, 5.74) is 0.856. The summed E-state index contributed by atoms with van der Waals surface area (Å²) in [5.74, 6) is 2.72. The van der Waals surface area contributed by atoms with Gasteiger partial charge in [-0.2, -0.15) is 0 Å². The number of nitrogens with one attached hydrogen (secondary N) is 1. The number of aromatic hydroxyl groups is 1. The number of carbonyl (C=O) groups is 1. The van der Waals surface area contributed by atoms with E-state index in [1.54, 1.807) is 6.07 Å². The molecule has 0 spiro atoms. The van der Waals surface area contributed by atoms with Crippen LogP contribution in [0, 0.1) is 17.8 Å². The monoisotopic (exact) mass is 386 g/mol. The fraction of sp³-hybridized carbons (Fsp3) is 0.696. The van der Waals surface area contributed by atoms with E-state index in [9.17, 15) is 9.90 Å². The Kier molecular flexibility index (Phi) is 6.22. The number of hydrogen-bond acceptors (Lipinski definition) is 4. The molecule has 1 saturated heterocycles. The van der Waals surface area contributed by atoms with Gasteiger partial charge in [-0.3, -0.25) is 9.69 Å². The van der Waals surface area contributed by atoms with Crippen LogP contribution in [-0.4, -0.2) is 47.8 Å². The van der Waals surface area contributed by atoms with Crippen LogP contribution in [0.25, 0.3) is 0 Å². The van der Waals surface area contributed by atoms with Crippen LogP contribution in [0.5, 0.6) is 5.75 Å². The molecule has 154 valence electrons. The van der Waals surface area contributed by atoms with Crippen LogP contribution < -0.4 is 5.32 Å². The number of amides is 1. The number of fused-ring (bicyclic) bond motifs is 2. The lowest BCUT2D eigenvalue weighted by Gasteiger charge is -2.30. The molecule has 2 N–H and O–H groups in total. The van der Waals surface area contributed by atoms with Gasteiger partial charge in [0, 0.05) is 31.3 Å². The van der Waals surface area contributed by atoms with Gasteiger partial charge in [-0.15, -0.1) is 0 Å². The molecular formula is C23H34N2O3. The maximum Gasteiger partial charge on any atom is 0.234 e. The Balaban J connectivity index is 1.35. The molecule has 0 aromatic heterocycles. The number of ether oxygens (including phenoxy) is 1. The number of phenols is 1. The minimum atomic E-state index is 0.0868. The van der Waals surface area contributed by atoms with E-state index >= 15 is 0 Å². The van der Waals surface area contributed by atoms with Crippen molar-refractivity contribution in [2.24, 2.45) is 17.8 Å². The van der Waals surface area contributed by atoms with Crippen LogP contribution in [-0.2, 0) is 16.1 Å². The Morgan fingerprint density at radius 2 is 2.14 bits per heavy atom. The summed E-state index contributed by atoms with van der Waals surface area (Å²) in [6.07, 6.45) is 7.68. The third-order valence-corrected chi connectivity index (χ3v) is 7.06. The summed E-state index contributed by atoms with van der Waals surface area (Å²) in [6.45, 7) is 4.62. The molecule has 5 atom stereocenters. The molecule has 5 nitrogen and oxygen atoms in total. The third kappa shape index (κ3) is 4.69. The molecule has 1 aromatic carbocycles. The van der Waals surface area contributed by atoms with Crippen molar-refractivity contribution in [2.75, 3.05) is 19.7 Å². The molecule has 4 rings (SSSR count). The van der Waals surface area contributed by atoms with E-state index in [0.717, 1.165) is 43.4 Å². The van der Waals surface area contributed by atoms with E-state index in [2.05, 4.69) is 17.1 Å². The Hall–Kier alpha value is -1.59. The largest absolute Gasteiger partial charge is 0.508 e. The van der Waals surface area contributed by atoms with Crippen molar-refractivity contribution in [3.05, 3.63) is 29.8 Å². The van der Waals surface area contributed by atoms with E-state index in [-0.39, 0.29) is 23.8 Å². The minimum absolute atomic E-state index is 0.0868. The first-order chi connectivity index (χ1) is 13.6. The molecule has 2 saturated carbocycles. The second kappa shape index (κ2) is 8.83. The summed E-state index contributed by atoms with van der Waals surface area (Å²) < 4.78 is 5.79. The number of phenolic OH excluding ortho intramolecular Hbond substituents is 1. The number of nitrogens with zero attached hydrogens (tertiary/aromatic N) is 1. The Morgan fingerprint density at radius 1 is 1.29 bits per heavy atom. The first-order valence-electron chi connectivity index (χ1n) is 11.0.